The van der Waals surface area contributed by atoms with Gasteiger partial charge in [-0.3, -0.25) is 19.4 Å². The molecule has 2 aliphatic heterocycles. The van der Waals surface area contributed by atoms with Crippen LogP contribution in [0.5, 0.6) is 0 Å². The number of rotatable bonds is 10. The third kappa shape index (κ3) is 6.74. The summed E-state index contributed by atoms with van der Waals surface area (Å²) in [5, 5.41) is 5.92. The van der Waals surface area contributed by atoms with Crippen LogP contribution in [0.25, 0.3) is 0 Å². The highest BCUT2D eigenvalue weighted by molar-refractivity contribution is 8.15. The van der Waals surface area contributed by atoms with E-state index in [1.165, 1.54) is 16.7 Å². The van der Waals surface area contributed by atoms with Crippen LogP contribution in [0.4, 0.5) is 5.69 Å². The van der Waals surface area contributed by atoms with Crippen LogP contribution in [0.3, 0.4) is 0 Å². The highest BCUT2D eigenvalue weighted by Crippen LogP contribution is 2.35. The van der Waals surface area contributed by atoms with Crippen molar-refractivity contribution >= 4 is 46.2 Å². The van der Waals surface area contributed by atoms with Crippen LogP contribution < -0.4 is 10.6 Å². The Hall–Kier alpha value is -4.24. The lowest BCUT2D eigenvalue weighted by Gasteiger charge is -2.27. The largest absolute Gasteiger partial charge is 0.352 e. The molecule has 0 fully saturated rings. The number of hydrogen-bond donors (Lipinski definition) is 2. The molecule has 0 saturated heterocycles. The van der Waals surface area contributed by atoms with Gasteiger partial charge in [0.1, 0.15) is 11.9 Å². The molecule has 0 spiro atoms. The van der Waals surface area contributed by atoms with Crippen LogP contribution >= 0.6 is 11.8 Å². The Bertz CT molecular complexity index is 1490. The third-order valence-electron chi connectivity index (χ3n) is 7.02. The van der Waals surface area contributed by atoms with Crippen LogP contribution in [0, 0.1) is 6.92 Å². The van der Waals surface area contributed by atoms with Gasteiger partial charge in [0.25, 0.3) is 5.91 Å². The van der Waals surface area contributed by atoms with Gasteiger partial charge in [0.15, 0.2) is 5.17 Å². The quantitative estimate of drug-likeness (QED) is 0.365. The van der Waals surface area contributed by atoms with E-state index in [0.29, 0.717) is 36.2 Å². The van der Waals surface area contributed by atoms with Crippen molar-refractivity contribution in [2.24, 2.45) is 9.98 Å². The number of aliphatic imine (C=N–C) groups is 2. The van der Waals surface area contributed by atoms with E-state index in [4.69, 9.17) is 9.98 Å². The zero-order valence-electron chi connectivity index (χ0n) is 23.2. The molecule has 2 atom stereocenters. The fourth-order valence-corrected chi connectivity index (χ4v) is 5.72. The predicted molar refractivity (Wildman–Crippen MR) is 163 cm³/mol. The van der Waals surface area contributed by atoms with Crippen molar-refractivity contribution in [1.82, 2.24) is 15.5 Å². The van der Waals surface area contributed by atoms with Crippen LogP contribution in [0.1, 0.15) is 48.4 Å². The number of amides is 3. The minimum atomic E-state index is -0.695. The first kappa shape index (κ1) is 28.3. The van der Waals surface area contributed by atoms with Crippen molar-refractivity contribution in [3.05, 3.63) is 101 Å². The number of carbonyl (C=O) groups excluding carboxylic acids is 3. The summed E-state index contributed by atoms with van der Waals surface area (Å²) in [6.07, 6.45) is 1.02. The zero-order chi connectivity index (χ0) is 28.8. The van der Waals surface area contributed by atoms with Crippen LogP contribution in [0.15, 0.2) is 88.8 Å². The van der Waals surface area contributed by atoms with Crippen molar-refractivity contribution in [3.8, 4) is 0 Å². The molecule has 2 aliphatic rings. The molecule has 3 aromatic carbocycles. The Balaban J connectivity index is 1.26. The van der Waals surface area contributed by atoms with E-state index < -0.39 is 11.3 Å². The molecule has 0 saturated carbocycles. The van der Waals surface area contributed by atoms with Gasteiger partial charge in [0.05, 0.1) is 10.9 Å². The highest BCUT2D eigenvalue weighted by atomic mass is 32.2. The molecule has 2 N–H and O–H groups in total. The van der Waals surface area contributed by atoms with Gasteiger partial charge in [0.2, 0.25) is 11.8 Å². The van der Waals surface area contributed by atoms with Crippen LogP contribution in [0.2, 0.25) is 0 Å². The van der Waals surface area contributed by atoms with Crippen molar-refractivity contribution in [2.75, 3.05) is 0 Å². The number of nitrogens with one attached hydrogen (secondary N) is 2. The summed E-state index contributed by atoms with van der Waals surface area (Å²) in [6.45, 7) is 4.83. The number of carbonyl (C=O) groups is 3. The van der Waals surface area contributed by atoms with E-state index in [1.54, 1.807) is 0 Å². The Morgan fingerprint density at radius 1 is 0.927 bits per heavy atom. The van der Waals surface area contributed by atoms with E-state index in [9.17, 15) is 14.4 Å². The Morgan fingerprint density at radius 3 is 2.37 bits per heavy atom. The summed E-state index contributed by atoms with van der Waals surface area (Å²) in [6, 6.07) is 24.6. The molecule has 3 amide bonds. The lowest BCUT2D eigenvalue weighted by molar-refractivity contribution is -0.125. The van der Waals surface area contributed by atoms with Crippen LogP contribution in [-0.2, 0) is 27.5 Å². The van der Waals surface area contributed by atoms with E-state index in [-0.39, 0.29) is 30.6 Å². The Morgan fingerprint density at radius 2 is 1.61 bits per heavy atom. The normalized spacial score (nSPS) is 16.3. The number of hydrogen-bond acceptors (Lipinski definition) is 6. The average Bonchev–Trinajstić information content (AvgIpc) is 3.34. The topological polar surface area (TPSA) is 103 Å². The smallest absolute Gasteiger partial charge is 0.259 e. The molecule has 3 aromatic rings. The standard InChI is InChI=1S/C32H33N5O3S/c1-3-27(30(39)34-20-23-15-13-21(2)14-16-23)41-32-36-25-12-8-7-11-24(25)29-35-26(31(40)37(29)32)17-18-28(38)33-19-22-9-5-4-6-10-22/h4-16,26-27H,3,17-20H2,1-2H3,(H,33,38)(H,34,39)/t26-,27-/m0/s1. The molecular weight excluding hydrogens is 534 g/mol. The fourth-order valence-electron chi connectivity index (χ4n) is 4.68. The van der Waals surface area contributed by atoms with Gasteiger partial charge in [-0.05, 0) is 43.0 Å². The van der Waals surface area contributed by atoms with Crippen molar-refractivity contribution < 1.29 is 14.4 Å². The molecule has 9 heteroatoms. The maximum absolute atomic E-state index is 13.6. The van der Waals surface area contributed by atoms with E-state index >= 15 is 0 Å². The minimum absolute atomic E-state index is 0.114. The Labute approximate surface area is 244 Å². The second kappa shape index (κ2) is 13.0. The number of para-hydroxylation sites is 1. The summed E-state index contributed by atoms with van der Waals surface area (Å²) in [5.41, 5.74) is 4.66. The Kier molecular flexibility index (Phi) is 8.94. The average molecular weight is 568 g/mol. The first-order valence-electron chi connectivity index (χ1n) is 13.8. The summed E-state index contributed by atoms with van der Waals surface area (Å²) < 4.78 is 0. The van der Waals surface area contributed by atoms with Gasteiger partial charge in [-0.2, -0.15) is 0 Å². The highest BCUT2D eigenvalue weighted by Gasteiger charge is 2.42. The second-order valence-electron chi connectivity index (χ2n) is 10.1. The van der Waals surface area contributed by atoms with Gasteiger partial charge >= 0.3 is 0 Å². The zero-order valence-corrected chi connectivity index (χ0v) is 24.0. The molecule has 2 heterocycles. The van der Waals surface area contributed by atoms with Gasteiger partial charge in [-0.25, -0.2) is 9.89 Å². The molecule has 210 valence electrons. The second-order valence-corrected chi connectivity index (χ2v) is 11.2. The fraction of sp³-hybridized carbons (Fsp3) is 0.281. The molecular formula is C32H33N5O3S. The molecule has 41 heavy (non-hydrogen) atoms. The molecule has 0 unspecified atom stereocenters. The third-order valence-corrected chi connectivity index (χ3v) is 8.34. The minimum Gasteiger partial charge on any atom is -0.352 e. The van der Waals surface area contributed by atoms with Gasteiger partial charge in [-0.15, -0.1) is 0 Å². The number of fused-ring (bicyclic) bond motifs is 3. The first-order valence-corrected chi connectivity index (χ1v) is 14.7. The monoisotopic (exact) mass is 567 g/mol. The van der Waals surface area contributed by atoms with Gasteiger partial charge in [-0.1, -0.05) is 91.0 Å². The maximum atomic E-state index is 13.6. The summed E-state index contributed by atoms with van der Waals surface area (Å²) in [7, 11) is 0. The predicted octanol–water partition coefficient (Wildman–Crippen LogP) is 4.88. The molecule has 0 bridgehead atoms. The summed E-state index contributed by atoms with van der Waals surface area (Å²) >= 11 is 1.27. The number of thioether (sulfide) groups is 1. The van der Waals surface area contributed by atoms with Crippen molar-refractivity contribution in [2.45, 2.75) is 57.5 Å². The van der Waals surface area contributed by atoms with E-state index in [1.807, 2.05) is 92.7 Å². The summed E-state index contributed by atoms with van der Waals surface area (Å²) in [4.78, 5) is 50.4. The number of aryl methyl sites for hydroxylation is 1. The van der Waals surface area contributed by atoms with Crippen LogP contribution in [-0.4, -0.2) is 44.9 Å². The number of benzene rings is 3. The summed E-state index contributed by atoms with van der Waals surface area (Å²) in [5.74, 6) is 0.0438. The van der Waals surface area contributed by atoms with Gasteiger partial charge < -0.3 is 10.6 Å². The van der Waals surface area contributed by atoms with E-state index in [2.05, 4.69) is 10.6 Å². The molecule has 8 nitrogen and oxygen atoms in total. The van der Waals surface area contributed by atoms with Crippen molar-refractivity contribution in [1.29, 1.82) is 0 Å². The molecule has 0 aromatic heterocycles. The lowest BCUT2D eigenvalue weighted by Crippen LogP contribution is -2.43. The van der Waals surface area contributed by atoms with Gasteiger partial charge in [0, 0.05) is 25.1 Å². The first-order chi connectivity index (χ1) is 19.9. The lowest BCUT2D eigenvalue weighted by atomic mass is 10.1. The molecule has 0 aliphatic carbocycles. The number of nitrogens with zero attached hydrogens (tertiary/aromatic N) is 3. The van der Waals surface area contributed by atoms with Crippen molar-refractivity contribution in [3.63, 3.8) is 0 Å². The van der Waals surface area contributed by atoms with E-state index in [0.717, 1.165) is 22.3 Å². The SMILES string of the molecule is CC[C@H](SC1=Nc2ccccc2C2=N[C@@H](CCC(=O)NCc3ccccc3)C(=O)N12)C(=O)NCc1ccc(C)cc1. The number of amidine groups is 2. The molecule has 0 radical (unpaired) electrons. The maximum Gasteiger partial charge on any atom is 0.259 e. The molecule has 5 rings (SSSR count).